The summed E-state index contributed by atoms with van der Waals surface area (Å²) in [7, 11) is 0. The van der Waals surface area contributed by atoms with Gasteiger partial charge in [0.1, 0.15) is 5.76 Å². The maximum absolute atomic E-state index is 11.9. The van der Waals surface area contributed by atoms with Gasteiger partial charge in [-0.05, 0) is 44.4 Å². The standard InChI is InChI=1S/C13H17NO2/c1-11-5-2-3-9-14(11)13(15)8-7-12-6-4-10-16-12/h4,6-8,10-11H,2-3,5,9H2,1H3/b8-7+/t11-/m1/s1. The molecular weight excluding hydrogens is 202 g/mol. The third-order valence-electron chi connectivity index (χ3n) is 3.02. The molecule has 0 spiro atoms. The summed E-state index contributed by atoms with van der Waals surface area (Å²) in [6.45, 7) is 2.99. The molecule has 3 nitrogen and oxygen atoms in total. The first-order chi connectivity index (χ1) is 7.77. The Labute approximate surface area is 95.7 Å². The first kappa shape index (κ1) is 11.0. The maximum Gasteiger partial charge on any atom is 0.246 e. The minimum Gasteiger partial charge on any atom is -0.465 e. The van der Waals surface area contributed by atoms with Gasteiger partial charge in [0, 0.05) is 18.7 Å². The van der Waals surface area contributed by atoms with Gasteiger partial charge in [0.05, 0.1) is 6.26 Å². The molecule has 16 heavy (non-hydrogen) atoms. The Morgan fingerprint density at radius 3 is 3.12 bits per heavy atom. The zero-order valence-electron chi connectivity index (χ0n) is 9.56. The van der Waals surface area contributed by atoms with Crippen LogP contribution in [0, 0.1) is 0 Å². The Kier molecular flexibility index (Phi) is 3.44. The number of hydrogen-bond acceptors (Lipinski definition) is 2. The number of furan rings is 1. The van der Waals surface area contributed by atoms with E-state index < -0.39 is 0 Å². The number of nitrogens with zero attached hydrogens (tertiary/aromatic N) is 1. The van der Waals surface area contributed by atoms with Crippen LogP contribution in [0.3, 0.4) is 0 Å². The Morgan fingerprint density at radius 1 is 1.56 bits per heavy atom. The molecular formula is C13H17NO2. The molecule has 2 rings (SSSR count). The monoisotopic (exact) mass is 219 g/mol. The van der Waals surface area contributed by atoms with Crippen LogP contribution < -0.4 is 0 Å². The van der Waals surface area contributed by atoms with Gasteiger partial charge in [0.15, 0.2) is 0 Å². The lowest BCUT2D eigenvalue weighted by atomic mass is 10.0. The fraction of sp³-hybridized carbons (Fsp3) is 0.462. The molecule has 1 aromatic rings. The van der Waals surface area contributed by atoms with E-state index in [-0.39, 0.29) is 5.91 Å². The molecule has 0 aromatic carbocycles. The van der Waals surface area contributed by atoms with Crippen molar-refractivity contribution < 1.29 is 9.21 Å². The number of carbonyl (C=O) groups excluding carboxylic acids is 1. The van der Waals surface area contributed by atoms with Gasteiger partial charge in [-0.1, -0.05) is 0 Å². The predicted molar refractivity (Wildman–Crippen MR) is 62.8 cm³/mol. The van der Waals surface area contributed by atoms with Crippen molar-refractivity contribution in [3.8, 4) is 0 Å². The second kappa shape index (κ2) is 5.01. The van der Waals surface area contributed by atoms with Gasteiger partial charge in [-0.2, -0.15) is 0 Å². The summed E-state index contributed by atoms with van der Waals surface area (Å²) in [5, 5.41) is 0. The average molecular weight is 219 g/mol. The van der Waals surface area contributed by atoms with Crippen LogP contribution in [0.5, 0.6) is 0 Å². The molecule has 1 atom stereocenters. The minimum atomic E-state index is 0.0867. The Hall–Kier alpha value is -1.51. The third kappa shape index (κ3) is 2.54. The largest absolute Gasteiger partial charge is 0.465 e. The predicted octanol–water partition coefficient (Wildman–Crippen LogP) is 2.69. The number of hydrogen-bond donors (Lipinski definition) is 0. The minimum absolute atomic E-state index is 0.0867. The van der Waals surface area contributed by atoms with Crippen molar-refractivity contribution in [2.45, 2.75) is 32.2 Å². The Bertz CT molecular complexity index is 367. The quantitative estimate of drug-likeness (QED) is 0.716. The topological polar surface area (TPSA) is 33.5 Å². The van der Waals surface area contributed by atoms with Crippen LogP contribution in [0.2, 0.25) is 0 Å². The summed E-state index contributed by atoms with van der Waals surface area (Å²) in [4.78, 5) is 13.8. The lowest BCUT2D eigenvalue weighted by Gasteiger charge is -2.32. The highest BCUT2D eigenvalue weighted by Crippen LogP contribution is 2.17. The lowest BCUT2D eigenvalue weighted by molar-refractivity contribution is -0.129. The Balaban J connectivity index is 1.97. The van der Waals surface area contributed by atoms with Gasteiger partial charge in [-0.15, -0.1) is 0 Å². The fourth-order valence-corrected chi connectivity index (χ4v) is 2.06. The molecule has 86 valence electrons. The highest BCUT2D eigenvalue weighted by molar-refractivity contribution is 5.91. The summed E-state index contributed by atoms with van der Waals surface area (Å²) < 4.78 is 5.14. The van der Waals surface area contributed by atoms with Crippen LogP contribution in [0.4, 0.5) is 0 Å². The van der Waals surface area contributed by atoms with Crippen molar-refractivity contribution in [1.29, 1.82) is 0 Å². The van der Waals surface area contributed by atoms with E-state index in [1.54, 1.807) is 18.4 Å². The molecule has 1 aliphatic heterocycles. The van der Waals surface area contributed by atoms with Crippen molar-refractivity contribution in [2.24, 2.45) is 0 Å². The van der Waals surface area contributed by atoms with E-state index in [1.165, 1.54) is 6.42 Å². The summed E-state index contributed by atoms with van der Waals surface area (Å²) in [6.07, 6.45) is 8.38. The van der Waals surface area contributed by atoms with Crippen molar-refractivity contribution in [3.05, 3.63) is 30.2 Å². The molecule has 1 saturated heterocycles. The second-order valence-corrected chi connectivity index (χ2v) is 4.23. The third-order valence-corrected chi connectivity index (χ3v) is 3.02. The van der Waals surface area contributed by atoms with E-state index in [4.69, 9.17) is 4.42 Å². The van der Waals surface area contributed by atoms with E-state index in [9.17, 15) is 4.79 Å². The summed E-state index contributed by atoms with van der Waals surface area (Å²) in [5.74, 6) is 0.807. The highest BCUT2D eigenvalue weighted by Gasteiger charge is 2.21. The maximum atomic E-state index is 11.9. The van der Waals surface area contributed by atoms with E-state index in [1.807, 2.05) is 17.0 Å². The van der Waals surface area contributed by atoms with E-state index in [2.05, 4.69) is 6.92 Å². The number of likely N-dealkylation sites (tertiary alicyclic amines) is 1. The summed E-state index contributed by atoms with van der Waals surface area (Å²) >= 11 is 0. The summed E-state index contributed by atoms with van der Waals surface area (Å²) in [5.41, 5.74) is 0. The van der Waals surface area contributed by atoms with Crippen molar-refractivity contribution in [2.75, 3.05) is 6.54 Å². The number of rotatable bonds is 2. The normalized spacial score (nSPS) is 21.6. The molecule has 1 aromatic heterocycles. The van der Waals surface area contributed by atoms with Crippen LogP contribution in [0.1, 0.15) is 31.9 Å². The lowest BCUT2D eigenvalue weighted by Crippen LogP contribution is -2.41. The highest BCUT2D eigenvalue weighted by atomic mass is 16.3. The number of carbonyl (C=O) groups is 1. The van der Waals surface area contributed by atoms with Crippen molar-refractivity contribution in [1.82, 2.24) is 4.90 Å². The molecule has 0 bridgehead atoms. The fourth-order valence-electron chi connectivity index (χ4n) is 2.06. The van der Waals surface area contributed by atoms with Crippen molar-refractivity contribution in [3.63, 3.8) is 0 Å². The van der Waals surface area contributed by atoms with Gasteiger partial charge in [0.2, 0.25) is 5.91 Å². The smallest absolute Gasteiger partial charge is 0.246 e. The van der Waals surface area contributed by atoms with E-state index in [0.29, 0.717) is 6.04 Å². The van der Waals surface area contributed by atoms with Crippen LogP contribution in [-0.4, -0.2) is 23.4 Å². The van der Waals surface area contributed by atoms with Gasteiger partial charge in [-0.25, -0.2) is 0 Å². The molecule has 1 aliphatic rings. The molecule has 0 saturated carbocycles. The zero-order chi connectivity index (χ0) is 11.4. The van der Waals surface area contributed by atoms with Crippen LogP contribution in [0.15, 0.2) is 28.9 Å². The molecule has 0 aliphatic carbocycles. The van der Waals surface area contributed by atoms with Crippen molar-refractivity contribution >= 4 is 12.0 Å². The van der Waals surface area contributed by atoms with Gasteiger partial charge < -0.3 is 9.32 Å². The molecule has 0 unspecified atom stereocenters. The van der Waals surface area contributed by atoms with Crippen LogP contribution in [0.25, 0.3) is 6.08 Å². The summed E-state index contributed by atoms with van der Waals surface area (Å²) in [6, 6.07) is 4.01. The molecule has 1 amide bonds. The van der Waals surface area contributed by atoms with Gasteiger partial charge >= 0.3 is 0 Å². The number of piperidine rings is 1. The second-order valence-electron chi connectivity index (χ2n) is 4.23. The first-order valence-electron chi connectivity index (χ1n) is 5.79. The van der Waals surface area contributed by atoms with Crippen LogP contribution >= 0.6 is 0 Å². The molecule has 0 radical (unpaired) electrons. The molecule has 3 heteroatoms. The molecule has 0 N–H and O–H groups in total. The molecule has 2 heterocycles. The average Bonchev–Trinajstić information content (AvgIpc) is 2.79. The van der Waals surface area contributed by atoms with Crippen LogP contribution in [-0.2, 0) is 4.79 Å². The number of amides is 1. The van der Waals surface area contributed by atoms with Gasteiger partial charge in [-0.3, -0.25) is 4.79 Å². The molecule has 1 fully saturated rings. The van der Waals surface area contributed by atoms with E-state index in [0.717, 1.165) is 25.1 Å². The zero-order valence-corrected chi connectivity index (χ0v) is 9.56. The van der Waals surface area contributed by atoms with E-state index >= 15 is 0 Å². The SMILES string of the molecule is C[C@@H]1CCCCN1C(=O)/C=C/c1ccco1. The Morgan fingerprint density at radius 2 is 2.44 bits per heavy atom. The van der Waals surface area contributed by atoms with Gasteiger partial charge in [0.25, 0.3) is 0 Å². The first-order valence-corrected chi connectivity index (χ1v) is 5.79.